The topological polar surface area (TPSA) is 26.8 Å². The second-order valence-electron chi connectivity index (χ2n) is 8.81. The number of rotatable bonds is 3. The highest BCUT2D eigenvalue weighted by atomic mass is 19.1. The summed E-state index contributed by atoms with van der Waals surface area (Å²) in [5, 5.41) is 0. The maximum absolute atomic E-state index is 13.4. The molecule has 0 bridgehead atoms. The SMILES string of the molecule is CN1CCC(CN2CCC3CN(c4ccc(F)cc4)c4cccc(c43)C2=O)CC1. The van der Waals surface area contributed by atoms with Crippen molar-refractivity contribution in [2.24, 2.45) is 5.92 Å². The summed E-state index contributed by atoms with van der Waals surface area (Å²) >= 11 is 0. The highest BCUT2D eigenvalue weighted by Crippen LogP contribution is 2.45. The van der Waals surface area contributed by atoms with E-state index in [4.69, 9.17) is 0 Å². The molecule has 5 heteroatoms. The van der Waals surface area contributed by atoms with E-state index < -0.39 is 0 Å². The van der Waals surface area contributed by atoms with Gasteiger partial charge in [0.05, 0.1) is 0 Å². The van der Waals surface area contributed by atoms with Crippen molar-refractivity contribution in [3.63, 3.8) is 0 Å². The molecular weight excluding hydrogens is 365 g/mol. The zero-order valence-electron chi connectivity index (χ0n) is 17.0. The average molecular weight is 394 g/mol. The molecule has 3 heterocycles. The first-order valence-electron chi connectivity index (χ1n) is 10.7. The Morgan fingerprint density at radius 3 is 2.52 bits per heavy atom. The molecule has 1 amide bonds. The molecule has 29 heavy (non-hydrogen) atoms. The third-order valence-electron chi connectivity index (χ3n) is 6.91. The molecule has 1 fully saturated rings. The van der Waals surface area contributed by atoms with Crippen molar-refractivity contribution in [3.05, 3.63) is 59.4 Å². The Kier molecular flexibility index (Phi) is 4.78. The largest absolute Gasteiger partial charge is 0.341 e. The molecule has 0 aliphatic carbocycles. The van der Waals surface area contributed by atoms with Gasteiger partial charge in [-0.15, -0.1) is 0 Å². The van der Waals surface area contributed by atoms with Gasteiger partial charge in [0.15, 0.2) is 0 Å². The van der Waals surface area contributed by atoms with Gasteiger partial charge in [-0.1, -0.05) is 6.07 Å². The lowest BCUT2D eigenvalue weighted by Gasteiger charge is -2.33. The van der Waals surface area contributed by atoms with Crippen molar-refractivity contribution < 1.29 is 9.18 Å². The molecule has 0 spiro atoms. The number of amides is 1. The van der Waals surface area contributed by atoms with Crippen LogP contribution in [0.1, 0.15) is 41.1 Å². The summed E-state index contributed by atoms with van der Waals surface area (Å²) in [7, 11) is 2.18. The van der Waals surface area contributed by atoms with Gasteiger partial charge in [-0.2, -0.15) is 0 Å². The number of nitrogens with zero attached hydrogens (tertiary/aromatic N) is 3. The predicted molar refractivity (Wildman–Crippen MR) is 113 cm³/mol. The van der Waals surface area contributed by atoms with Gasteiger partial charge in [-0.05, 0) is 87.3 Å². The quantitative estimate of drug-likeness (QED) is 0.780. The van der Waals surface area contributed by atoms with E-state index in [1.54, 1.807) is 0 Å². The minimum Gasteiger partial charge on any atom is -0.341 e. The molecule has 152 valence electrons. The second-order valence-corrected chi connectivity index (χ2v) is 8.81. The standard InChI is InChI=1S/C24H28FN3O/c1-26-12-9-17(10-13-26)15-27-14-11-18-16-28(20-7-5-19(25)6-8-20)22-4-2-3-21(23(18)22)24(27)29/h2-8,17-18H,9-16H2,1H3. The van der Waals surface area contributed by atoms with Crippen LogP contribution in [-0.2, 0) is 0 Å². The van der Waals surface area contributed by atoms with Gasteiger partial charge < -0.3 is 14.7 Å². The van der Waals surface area contributed by atoms with Crippen LogP contribution in [-0.4, -0.2) is 55.5 Å². The molecule has 0 N–H and O–H groups in total. The van der Waals surface area contributed by atoms with E-state index in [2.05, 4.69) is 27.8 Å². The van der Waals surface area contributed by atoms with Crippen molar-refractivity contribution in [1.82, 2.24) is 9.80 Å². The third-order valence-corrected chi connectivity index (χ3v) is 6.91. The van der Waals surface area contributed by atoms with Crippen molar-refractivity contribution in [2.75, 3.05) is 44.7 Å². The maximum Gasteiger partial charge on any atom is 0.254 e. The number of likely N-dealkylation sites (tertiary alicyclic amines) is 1. The van der Waals surface area contributed by atoms with Crippen LogP contribution >= 0.6 is 0 Å². The van der Waals surface area contributed by atoms with Gasteiger partial charge >= 0.3 is 0 Å². The normalized spacial score (nSPS) is 22.7. The molecule has 4 nitrogen and oxygen atoms in total. The van der Waals surface area contributed by atoms with Gasteiger partial charge in [-0.25, -0.2) is 4.39 Å². The molecule has 0 aromatic heterocycles. The Morgan fingerprint density at radius 2 is 1.76 bits per heavy atom. The summed E-state index contributed by atoms with van der Waals surface area (Å²) in [6.45, 7) is 4.81. The van der Waals surface area contributed by atoms with E-state index in [9.17, 15) is 9.18 Å². The van der Waals surface area contributed by atoms with Gasteiger partial charge in [-0.3, -0.25) is 4.79 Å². The Balaban J connectivity index is 1.42. The minimum atomic E-state index is -0.223. The molecule has 1 atom stereocenters. The number of piperidine rings is 1. The first-order valence-corrected chi connectivity index (χ1v) is 10.7. The third kappa shape index (κ3) is 3.42. The number of benzene rings is 2. The van der Waals surface area contributed by atoms with E-state index in [-0.39, 0.29) is 11.7 Å². The first-order chi connectivity index (χ1) is 14.1. The van der Waals surface area contributed by atoms with E-state index in [0.717, 1.165) is 56.1 Å². The molecule has 1 unspecified atom stereocenters. The lowest BCUT2D eigenvalue weighted by atomic mass is 9.94. The summed E-state index contributed by atoms with van der Waals surface area (Å²) in [4.78, 5) is 20.2. The van der Waals surface area contributed by atoms with Crippen LogP contribution in [0.4, 0.5) is 15.8 Å². The number of carbonyl (C=O) groups excluding carboxylic acids is 1. The lowest BCUT2D eigenvalue weighted by molar-refractivity contribution is 0.0702. The fraction of sp³-hybridized carbons (Fsp3) is 0.458. The molecular formula is C24H28FN3O. The monoisotopic (exact) mass is 393 g/mol. The summed E-state index contributed by atoms with van der Waals surface area (Å²) in [5.74, 6) is 0.915. The molecule has 3 aliphatic heterocycles. The molecule has 1 saturated heterocycles. The molecule has 3 aliphatic rings. The van der Waals surface area contributed by atoms with Crippen molar-refractivity contribution in [2.45, 2.75) is 25.2 Å². The molecule has 2 aromatic carbocycles. The number of hydrogen-bond donors (Lipinski definition) is 0. The van der Waals surface area contributed by atoms with Crippen LogP contribution in [0, 0.1) is 11.7 Å². The first kappa shape index (κ1) is 18.6. The minimum absolute atomic E-state index is 0.184. The lowest BCUT2D eigenvalue weighted by Crippen LogP contribution is -2.40. The average Bonchev–Trinajstić information content (AvgIpc) is 3.05. The van der Waals surface area contributed by atoms with E-state index in [1.807, 2.05) is 24.3 Å². The zero-order valence-corrected chi connectivity index (χ0v) is 17.0. The summed E-state index contributed by atoms with van der Waals surface area (Å²) in [5.41, 5.74) is 4.15. The fourth-order valence-corrected chi connectivity index (χ4v) is 5.23. The summed E-state index contributed by atoms with van der Waals surface area (Å²) in [6.07, 6.45) is 3.34. The van der Waals surface area contributed by atoms with Crippen LogP contribution in [0.5, 0.6) is 0 Å². The van der Waals surface area contributed by atoms with Crippen molar-refractivity contribution in [1.29, 1.82) is 0 Å². The fourth-order valence-electron chi connectivity index (χ4n) is 5.23. The van der Waals surface area contributed by atoms with Crippen molar-refractivity contribution >= 4 is 17.3 Å². The Bertz CT molecular complexity index is 905. The van der Waals surface area contributed by atoms with Gasteiger partial charge in [0.2, 0.25) is 0 Å². The van der Waals surface area contributed by atoms with E-state index in [0.29, 0.717) is 11.8 Å². The highest BCUT2D eigenvalue weighted by Gasteiger charge is 2.37. The number of halogens is 1. The second kappa shape index (κ2) is 7.45. The molecule has 5 rings (SSSR count). The zero-order chi connectivity index (χ0) is 20.0. The van der Waals surface area contributed by atoms with Crippen LogP contribution in [0.15, 0.2) is 42.5 Å². The van der Waals surface area contributed by atoms with Crippen LogP contribution in [0.3, 0.4) is 0 Å². The predicted octanol–water partition coefficient (Wildman–Crippen LogP) is 4.25. The van der Waals surface area contributed by atoms with Gasteiger partial charge in [0.25, 0.3) is 5.91 Å². The van der Waals surface area contributed by atoms with Crippen LogP contribution in [0.2, 0.25) is 0 Å². The van der Waals surface area contributed by atoms with Crippen LogP contribution in [0.25, 0.3) is 0 Å². The number of hydrogen-bond acceptors (Lipinski definition) is 3. The van der Waals surface area contributed by atoms with Crippen LogP contribution < -0.4 is 4.90 Å². The summed E-state index contributed by atoms with van der Waals surface area (Å²) in [6, 6.07) is 12.8. The van der Waals surface area contributed by atoms with Gasteiger partial charge in [0.1, 0.15) is 5.82 Å². The Hall–Kier alpha value is -2.40. The summed E-state index contributed by atoms with van der Waals surface area (Å²) < 4.78 is 13.4. The highest BCUT2D eigenvalue weighted by molar-refractivity contribution is 5.99. The molecule has 0 saturated carbocycles. The number of carbonyl (C=O) groups is 1. The Labute approximate surface area is 171 Å². The van der Waals surface area contributed by atoms with E-state index >= 15 is 0 Å². The van der Waals surface area contributed by atoms with Gasteiger partial charge in [0, 0.05) is 42.5 Å². The van der Waals surface area contributed by atoms with Crippen molar-refractivity contribution in [3.8, 4) is 0 Å². The smallest absolute Gasteiger partial charge is 0.254 e. The van der Waals surface area contributed by atoms with E-state index in [1.165, 1.54) is 30.5 Å². The molecule has 0 radical (unpaired) electrons. The Morgan fingerprint density at radius 1 is 1.00 bits per heavy atom. The number of anilines is 2. The molecule has 2 aromatic rings. The maximum atomic E-state index is 13.4.